The second-order valence-corrected chi connectivity index (χ2v) is 18.6. The van der Waals surface area contributed by atoms with Gasteiger partial charge in [0.1, 0.15) is 0 Å². The van der Waals surface area contributed by atoms with Crippen LogP contribution in [0.3, 0.4) is 0 Å². The summed E-state index contributed by atoms with van der Waals surface area (Å²) in [5, 5.41) is 9.95. The van der Waals surface area contributed by atoms with Crippen LogP contribution >= 0.6 is 0 Å². The average Bonchev–Trinajstić information content (AvgIpc) is 3.56. The summed E-state index contributed by atoms with van der Waals surface area (Å²) in [4.78, 5) is 0. The van der Waals surface area contributed by atoms with Crippen LogP contribution in [-0.4, -0.2) is 39.8 Å². The number of rotatable bonds is 20. The number of piperidine rings is 1. The lowest BCUT2D eigenvalue weighted by Gasteiger charge is -2.23. The summed E-state index contributed by atoms with van der Waals surface area (Å²) in [7, 11) is 1.99. The summed E-state index contributed by atoms with van der Waals surface area (Å²) in [6.07, 6.45) is 26.6. The van der Waals surface area contributed by atoms with Gasteiger partial charge in [-0.05, 0) is 132 Å². The van der Waals surface area contributed by atoms with E-state index in [2.05, 4.69) is 120 Å². The first-order valence-corrected chi connectivity index (χ1v) is 23.2. The third-order valence-corrected chi connectivity index (χ3v) is 9.61. The Morgan fingerprint density at radius 2 is 0.882 bits per heavy atom. The Balaban J connectivity index is -0.000000264. The van der Waals surface area contributed by atoms with Crippen LogP contribution in [0.4, 0.5) is 0 Å². The summed E-state index contributed by atoms with van der Waals surface area (Å²) in [5.74, 6) is 7.44. The smallest absolute Gasteiger partial charge is 0.00463 e. The van der Waals surface area contributed by atoms with Gasteiger partial charge in [0.2, 0.25) is 0 Å². The highest BCUT2D eigenvalue weighted by atomic mass is 14.9. The summed E-state index contributed by atoms with van der Waals surface area (Å²) < 4.78 is 0. The predicted molar refractivity (Wildman–Crippen MR) is 240 cm³/mol. The quantitative estimate of drug-likeness (QED) is 0.109. The molecular formula is C48H107N3. The lowest BCUT2D eigenvalue weighted by molar-refractivity contribution is 0.318. The lowest BCUT2D eigenvalue weighted by atomic mass is 9.89. The van der Waals surface area contributed by atoms with E-state index in [0.29, 0.717) is 0 Å². The molecule has 2 aliphatic rings. The van der Waals surface area contributed by atoms with E-state index in [1.807, 2.05) is 7.05 Å². The highest BCUT2D eigenvalue weighted by molar-refractivity contribution is 4.69. The van der Waals surface area contributed by atoms with Gasteiger partial charge in [-0.15, -0.1) is 0 Å². The minimum atomic E-state index is 0.840. The van der Waals surface area contributed by atoms with Crippen LogP contribution in [0, 0.1) is 47.3 Å². The zero-order chi connectivity index (χ0) is 39.7. The normalized spacial score (nSPS) is 14.7. The molecule has 0 amide bonds. The molecule has 0 spiro atoms. The SMILES string of the molecule is CC(C)CC1CCCC1.CC(C)CC1CCNCC1.CCCC(C)C.CCCCC(C)C.CCCCNCCCCC(C)C.CNCCC(C)C. The van der Waals surface area contributed by atoms with Gasteiger partial charge in [-0.1, -0.05) is 181 Å². The molecule has 3 heteroatoms. The van der Waals surface area contributed by atoms with E-state index in [1.54, 1.807) is 0 Å². The number of unbranched alkanes of at least 4 members (excludes halogenated alkanes) is 3. The van der Waals surface area contributed by atoms with Crippen LogP contribution in [0.15, 0.2) is 0 Å². The molecule has 3 nitrogen and oxygen atoms in total. The number of nitrogens with one attached hydrogen (secondary N) is 3. The molecule has 0 atom stereocenters. The van der Waals surface area contributed by atoms with E-state index in [1.165, 1.54) is 148 Å². The van der Waals surface area contributed by atoms with Crippen molar-refractivity contribution in [1.82, 2.24) is 16.0 Å². The molecule has 0 aromatic rings. The lowest BCUT2D eigenvalue weighted by Crippen LogP contribution is -2.28. The highest BCUT2D eigenvalue weighted by Crippen LogP contribution is 2.29. The maximum atomic E-state index is 3.46. The van der Waals surface area contributed by atoms with E-state index < -0.39 is 0 Å². The van der Waals surface area contributed by atoms with Gasteiger partial charge in [-0.2, -0.15) is 0 Å². The van der Waals surface area contributed by atoms with Crippen LogP contribution in [0.25, 0.3) is 0 Å². The maximum absolute atomic E-state index is 3.46. The van der Waals surface area contributed by atoms with Gasteiger partial charge in [0.25, 0.3) is 0 Å². The second-order valence-electron chi connectivity index (χ2n) is 18.6. The first kappa shape index (κ1) is 57.6. The van der Waals surface area contributed by atoms with Gasteiger partial charge < -0.3 is 16.0 Å². The topological polar surface area (TPSA) is 36.1 Å². The molecule has 3 N–H and O–H groups in total. The van der Waals surface area contributed by atoms with Crippen LogP contribution in [-0.2, 0) is 0 Å². The Kier molecular flexibility index (Phi) is 52.0. The first-order chi connectivity index (χ1) is 24.2. The molecule has 1 aliphatic carbocycles. The van der Waals surface area contributed by atoms with Gasteiger partial charge in [0, 0.05) is 0 Å². The Morgan fingerprint density at radius 3 is 1.22 bits per heavy atom. The minimum absolute atomic E-state index is 0.840. The molecule has 2 fully saturated rings. The number of hydrogen-bond acceptors (Lipinski definition) is 3. The maximum Gasteiger partial charge on any atom is -0.00463 e. The van der Waals surface area contributed by atoms with E-state index in [0.717, 1.165) is 53.9 Å². The van der Waals surface area contributed by atoms with Crippen molar-refractivity contribution in [2.45, 2.75) is 226 Å². The van der Waals surface area contributed by atoms with Crippen molar-refractivity contribution in [3.8, 4) is 0 Å². The molecule has 1 aliphatic heterocycles. The Labute approximate surface area is 328 Å². The van der Waals surface area contributed by atoms with E-state index in [-0.39, 0.29) is 0 Å². The standard InChI is InChI=1S/C11H25N.C9H19N.C9H18.C7H16.C6H15N.C6H14/c1-4-5-9-12-10-7-6-8-11(2)3;1-8(2)7-9-3-5-10-6-4-9;1-8(2)7-9-5-3-4-6-9;1-4-5-6-7(2)3;1-6(2)4-5-7-3;1-4-5-6(2)3/h11-12H,4-10H2,1-3H3;8-10H,3-7H2,1-2H3;8-9H,3-7H2,1-2H3;7H,4-6H2,1-3H3;6-7H,4-5H2,1-3H3;6H,4-5H2,1-3H3. The molecule has 0 unspecified atom stereocenters. The predicted octanol–water partition coefficient (Wildman–Crippen LogP) is 15.0. The fourth-order valence-electron chi connectivity index (χ4n) is 6.55. The monoisotopic (exact) mass is 726 g/mol. The van der Waals surface area contributed by atoms with Crippen molar-refractivity contribution in [1.29, 1.82) is 0 Å². The number of hydrogen-bond donors (Lipinski definition) is 3. The molecule has 314 valence electrons. The van der Waals surface area contributed by atoms with E-state index in [4.69, 9.17) is 0 Å². The highest BCUT2D eigenvalue weighted by Gasteiger charge is 2.15. The summed E-state index contributed by atoms with van der Waals surface area (Å²) in [6, 6.07) is 0. The summed E-state index contributed by atoms with van der Waals surface area (Å²) >= 11 is 0. The molecule has 51 heavy (non-hydrogen) atoms. The van der Waals surface area contributed by atoms with Crippen molar-refractivity contribution < 1.29 is 0 Å². The molecule has 1 saturated carbocycles. The molecule has 1 heterocycles. The average molecular weight is 726 g/mol. The first-order valence-electron chi connectivity index (χ1n) is 23.2. The second kappa shape index (κ2) is 46.0. The fraction of sp³-hybridized carbons (Fsp3) is 1.00. The van der Waals surface area contributed by atoms with Gasteiger partial charge in [-0.3, -0.25) is 0 Å². The largest absolute Gasteiger partial charge is 0.320 e. The van der Waals surface area contributed by atoms with Crippen molar-refractivity contribution in [3.05, 3.63) is 0 Å². The van der Waals surface area contributed by atoms with Gasteiger partial charge in [0.05, 0.1) is 0 Å². The third kappa shape index (κ3) is 62.2. The Bertz CT molecular complexity index is 559. The summed E-state index contributed by atoms with van der Waals surface area (Å²) in [6.45, 7) is 40.2. The molecule has 2 rings (SSSR count). The van der Waals surface area contributed by atoms with Gasteiger partial charge in [-0.25, -0.2) is 0 Å². The van der Waals surface area contributed by atoms with Crippen LogP contribution < -0.4 is 16.0 Å². The fourth-order valence-corrected chi connectivity index (χ4v) is 6.55. The summed E-state index contributed by atoms with van der Waals surface area (Å²) in [5.41, 5.74) is 0. The van der Waals surface area contributed by atoms with Crippen LogP contribution in [0.5, 0.6) is 0 Å². The molecule has 0 bridgehead atoms. The Morgan fingerprint density at radius 1 is 0.451 bits per heavy atom. The molecule has 0 aromatic heterocycles. The van der Waals surface area contributed by atoms with E-state index in [9.17, 15) is 0 Å². The zero-order valence-corrected chi connectivity index (χ0v) is 39.1. The van der Waals surface area contributed by atoms with Crippen molar-refractivity contribution in [3.63, 3.8) is 0 Å². The zero-order valence-electron chi connectivity index (χ0n) is 39.1. The van der Waals surface area contributed by atoms with E-state index >= 15 is 0 Å². The van der Waals surface area contributed by atoms with Crippen LogP contribution in [0.2, 0.25) is 0 Å². The minimum Gasteiger partial charge on any atom is -0.320 e. The van der Waals surface area contributed by atoms with Crippen LogP contribution in [0.1, 0.15) is 226 Å². The molecule has 1 saturated heterocycles. The third-order valence-electron chi connectivity index (χ3n) is 9.61. The van der Waals surface area contributed by atoms with Gasteiger partial charge in [0.15, 0.2) is 0 Å². The molecular weight excluding hydrogens is 619 g/mol. The van der Waals surface area contributed by atoms with Crippen molar-refractivity contribution >= 4 is 0 Å². The Hall–Kier alpha value is -0.120. The molecule has 0 aromatic carbocycles. The van der Waals surface area contributed by atoms with Crippen molar-refractivity contribution in [2.75, 3.05) is 39.8 Å². The van der Waals surface area contributed by atoms with Crippen molar-refractivity contribution in [2.24, 2.45) is 47.3 Å². The molecule has 0 radical (unpaired) electrons. The van der Waals surface area contributed by atoms with Gasteiger partial charge >= 0.3 is 0 Å².